The van der Waals surface area contributed by atoms with Crippen LogP contribution in [0.5, 0.6) is 0 Å². The summed E-state index contributed by atoms with van der Waals surface area (Å²) in [6, 6.07) is 6.80. The number of rotatable bonds is 4. The highest BCUT2D eigenvalue weighted by atomic mass is 19.1. The van der Waals surface area contributed by atoms with Crippen molar-refractivity contribution in [2.75, 3.05) is 18.0 Å². The number of benzene rings is 1. The average Bonchev–Trinajstić information content (AvgIpc) is 3.53. The van der Waals surface area contributed by atoms with Crippen LogP contribution in [0.15, 0.2) is 36.8 Å². The molecule has 1 amide bonds. The van der Waals surface area contributed by atoms with Crippen LogP contribution in [0.25, 0.3) is 11.3 Å². The Morgan fingerprint density at radius 2 is 1.88 bits per heavy atom. The molecule has 1 saturated heterocycles. The molecule has 0 bridgehead atoms. The zero-order valence-electron chi connectivity index (χ0n) is 13.7. The van der Waals surface area contributed by atoms with Gasteiger partial charge in [0, 0.05) is 30.6 Å². The van der Waals surface area contributed by atoms with Gasteiger partial charge in [0.15, 0.2) is 0 Å². The summed E-state index contributed by atoms with van der Waals surface area (Å²) in [5.41, 5.74) is 2.65. The van der Waals surface area contributed by atoms with E-state index in [-0.39, 0.29) is 17.6 Å². The maximum absolute atomic E-state index is 13.2. The van der Waals surface area contributed by atoms with E-state index in [1.165, 1.54) is 18.5 Å². The number of hydrogen-bond donors (Lipinski definition) is 1. The van der Waals surface area contributed by atoms with Crippen molar-refractivity contribution in [3.8, 4) is 11.3 Å². The standard InChI is InChI=1S/C19H19FN4O/c20-12-3-1-11(2-4-12)18-16(7-21-10-22-18)24-8-14-15(9-24)17(14)19(25)23-13-5-6-13/h1-4,7,10,13-15,17H,5-6,8-9H2,(H,23,25)/t14-,15+,17?. The van der Waals surface area contributed by atoms with Crippen LogP contribution in [0.3, 0.4) is 0 Å². The first-order valence-electron chi connectivity index (χ1n) is 8.82. The zero-order valence-corrected chi connectivity index (χ0v) is 13.7. The lowest BCUT2D eigenvalue weighted by atomic mass is 10.1. The molecular formula is C19H19FN4O. The first-order valence-corrected chi connectivity index (χ1v) is 8.82. The quantitative estimate of drug-likeness (QED) is 0.929. The van der Waals surface area contributed by atoms with Crippen LogP contribution in [0.1, 0.15) is 12.8 Å². The van der Waals surface area contributed by atoms with Crippen molar-refractivity contribution in [2.24, 2.45) is 17.8 Å². The summed E-state index contributed by atoms with van der Waals surface area (Å²) in [4.78, 5) is 23.1. The van der Waals surface area contributed by atoms with Crippen molar-refractivity contribution in [1.29, 1.82) is 0 Å². The molecule has 1 aromatic heterocycles. The molecule has 0 radical (unpaired) electrons. The normalized spacial score (nSPS) is 27.1. The number of piperidine rings is 1. The largest absolute Gasteiger partial charge is 0.368 e. The van der Waals surface area contributed by atoms with E-state index in [9.17, 15) is 9.18 Å². The van der Waals surface area contributed by atoms with Crippen LogP contribution >= 0.6 is 0 Å². The van der Waals surface area contributed by atoms with Crippen molar-refractivity contribution >= 4 is 11.6 Å². The molecule has 1 aliphatic heterocycles. The van der Waals surface area contributed by atoms with Crippen molar-refractivity contribution in [1.82, 2.24) is 15.3 Å². The molecule has 1 N–H and O–H groups in total. The fraction of sp³-hybridized carbons (Fsp3) is 0.421. The maximum atomic E-state index is 13.2. The monoisotopic (exact) mass is 338 g/mol. The van der Waals surface area contributed by atoms with Gasteiger partial charge in [0.1, 0.15) is 12.1 Å². The summed E-state index contributed by atoms with van der Waals surface area (Å²) in [6.45, 7) is 1.71. The molecule has 1 aromatic carbocycles. The Kier molecular flexibility index (Phi) is 3.26. The summed E-state index contributed by atoms with van der Waals surface area (Å²) in [7, 11) is 0. The molecule has 5 rings (SSSR count). The minimum atomic E-state index is -0.258. The number of nitrogens with one attached hydrogen (secondary N) is 1. The molecule has 25 heavy (non-hydrogen) atoms. The lowest BCUT2D eigenvalue weighted by molar-refractivity contribution is -0.123. The Balaban J connectivity index is 1.33. The molecule has 3 atom stereocenters. The van der Waals surface area contributed by atoms with E-state index >= 15 is 0 Å². The van der Waals surface area contributed by atoms with Gasteiger partial charge in [-0.15, -0.1) is 0 Å². The second-order valence-corrected chi connectivity index (χ2v) is 7.30. The highest BCUT2D eigenvalue weighted by molar-refractivity contribution is 5.84. The second kappa shape index (κ2) is 5.51. The highest BCUT2D eigenvalue weighted by Gasteiger charge is 2.60. The fourth-order valence-electron chi connectivity index (χ4n) is 4.02. The Bertz CT molecular complexity index is 808. The van der Waals surface area contributed by atoms with E-state index < -0.39 is 0 Å². The molecule has 0 spiro atoms. The molecule has 3 aliphatic rings. The number of fused-ring (bicyclic) bond motifs is 1. The fourth-order valence-corrected chi connectivity index (χ4v) is 4.02. The molecule has 5 nitrogen and oxygen atoms in total. The molecule has 2 aliphatic carbocycles. The van der Waals surface area contributed by atoms with Gasteiger partial charge in [-0.1, -0.05) is 0 Å². The molecule has 3 fully saturated rings. The number of anilines is 1. The molecule has 6 heteroatoms. The van der Waals surface area contributed by atoms with Crippen LogP contribution in [0.2, 0.25) is 0 Å². The Morgan fingerprint density at radius 3 is 2.56 bits per heavy atom. The molecule has 2 aromatic rings. The maximum Gasteiger partial charge on any atom is 0.224 e. The van der Waals surface area contributed by atoms with Crippen LogP contribution in [-0.4, -0.2) is 35.0 Å². The Labute approximate surface area is 145 Å². The number of carbonyl (C=O) groups excluding carboxylic acids is 1. The van der Waals surface area contributed by atoms with Crippen molar-refractivity contribution in [2.45, 2.75) is 18.9 Å². The van der Waals surface area contributed by atoms with Gasteiger partial charge in [-0.25, -0.2) is 14.4 Å². The van der Waals surface area contributed by atoms with E-state index in [1.807, 2.05) is 6.20 Å². The number of hydrogen-bond acceptors (Lipinski definition) is 4. The first kappa shape index (κ1) is 14.8. The van der Waals surface area contributed by atoms with E-state index in [0.717, 1.165) is 42.9 Å². The predicted molar refractivity (Wildman–Crippen MR) is 91.3 cm³/mol. The predicted octanol–water partition coefficient (Wildman–Crippen LogP) is 2.24. The van der Waals surface area contributed by atoms with Crippen molar-refractivity contribution < 1.29 is 9.18 Å². The SMILES string of the molecule is O=C(NC1CC1)C1[C@H]2CN(c3cncnc3-c3ccc(F)cc3)C[C@@H]12. The van der Waals surface area contributed by atoms with Gasteiger partial charge >= 0.3 is 0 Å². The van der Waals surface area contributed by atoms with E-state index in [0.29, 0.717) is 17.9 Å². The third kappa shape index (κ3) is 2.65. The highest BCUT2D eigenvalue weighted by Crippen LogP contribution is 2.53. The third-order valence-corrected chi connectivity index (χ3v) is 5.57. The molecule has 2 heterocycles. The lowest BCUT2D eigenvalue weighted by Gasteiger charge is -2.23. The second-order valence-electron chi connectivity index (χ2n) is 7.30. The van der Waals surface area contributed by atoms with E-state index in [1.54, 1.807) is 12.1 Å². The average molecular weight is 338 g/mol. The third-order valence-electron chi connectivity index (χ3n) is 5.57. The lowest BCUT2D eigenvalue weighted by Crippen LogP contribution is -2.33. The topological polar surface area (TPSA) is 58.1 Å². The zero-order chi connectivity index (χ0) is 17.0. The summed E-state index contributed by atoms with van der Waals surface area (Å²) in [5, 5.41) is 3.12. The molecule has 128 valence electrons. The summed E-state index contributed by atoms with van der Waals surface area (Å²) < 4.78 is 13.2. The van der Waals surface area contributed by atoms with Crippen molar-refractivity contribution in [3.63, 3.8) is 0 Å². The van der Waals surface area contributed by atoms with Crippen LogP contribution < -0.4 is 10.2 Å². The number of aromatic nitrogens is 2. The van der Waals surface area contributed by atoms with E-state index in [2.05, 4.69) is 20.2 Å². The van der Waals surface area contributed by atoms with Gasteiger partial charge in [0.2, 0.25) is 5.91 Å². The van der Waals surface area contributed by atoms with Crippen LogP contribution in [0, 0.1) is 23.6 Å². The van der Waals surface area contributed by atoms with Crippen molar-refractivity contribution in [3.05, 3.63) is 42.6 Å². The Morgan fingerprint density at radius 1 is 1.16 bits per heavy atom. The number of halogens is 1. The summed E-state index contributed by atoms with van der Waals surface area (Å²) >= 11 is 0. The van der Waals surface area contributed by atoms with E-state index in [4.69, 9.17) is 0 Å². The van der Waals surface area contributed by atoms with Gasteiger partial charge in [0.25, 0.3) is 0 Å². The number of nitrogens with zero attached hydrogens (tertiary/aromatic N) is 3. The van der Waals surface area contributed by atoms with Crippen LogP contribution in [-0.2, 0) is 4.79 Å². The summed E-state index contributed by atoms with van der Waals surface area (Å²) in [5.74, 6) is 1.02. The Hall–Kier alpha value is -2.50. The van der Waals surface area contributed by atoms with Gasteiger partial charge in [-0.3, -0.25) is 4.79 Å². The number of amides is 1. The minimum absolute atomic E-state index is 0.177. The van der Waals surface area contributed by atoms with Gasteiger partial charge in [-0.05, 0) is 48.9 Å². The molecular weight excluding hydrogens is 319 g/mol. The molecule has 1 unspecified atom stereocenters. The van der Waals surface area contributed by atoms with Gasteiger partial charge in [-0.2, -0.15) is 0 Å². The van der Waals surface area contributed by atoms with Crippen LogP contribution in [0.4, 0.5) is 10.1 Å². The van der Waals surface area contributed by atoms with Gasteiger partial charge in [0.05, 0.1) is 17.6 Å². The van der Waals surface area contributed by atoms with Gasteiger partial charge < -0.3 is 10.2 Å². The minimum Gasteiger partial charge on any atom is -0.368 e. The molecule has 2 saturated carbocycles. The smallest absolute Gasteiger partial charge is 0.224 e. The number of carbonyl (C=O) groups is 1. The first-order chi connectivity index (χ1) is 12.2. The summed E-state index contributed by atoms with van der Waals surface area (Å²) in [6.07, 6.45) is 5.59.